The molecule has 0 aliphatic carbocycles. The van der Waals surface area contributed by atoms with Crippen molar-refractivity contribution in [2.75, 3.05) is 19.6 Å². The zero-order chi connectivity index (χ0) is 14.6. The summed E-state index contributed by atoms with van der Waals surface area (Å²) in [4.78, 5) is 13.7. The Morgan fingerprint density at radius 1 is 1.40 bits per heavy atom. The molecule has 0 bridgehead atoms. The van der Waals surface area contributed by atoms with Crippen molar-refractivity contribution in [3.05, 3.63) is 35.4 Å². The second-order valence-electron chi connectivity index (χ2n) is 5.71. The summed E-state index contributed by atoms with van der Waals surface area (Å²) in [7, 11) is 0. The lowest BCUT2D eigenvalue weighted by molar-refractivity contribution is -0.144. The number of nitrogens with zero attached hydrogens (tertiary/aromatic N) is 1. The first-order chi connectivity index (χ1) is 9.55. The van der Waals surface area contributed by atoms with E-state index in [1.807, 2.05) is 6.92 Å². The Hall–Kier alpha value is -1.39. The third-order valence-electron chi connectivity index (χ3n) is 4.18. The molecule has 1 heterocycles. The molecule has 2 rings (SSSR count). The van der Waals surface area contributed by atoms with Gasteiger partial charge in [0.15, 0.2) is 0 Å². The number of hydrogen-bond acceptors (Lipinski definition) is 3. The van der Waals surface area contributed by atoms with Crippen LogP contribution in [0.4, 0.5) is 0 Å². The predicted octanol–water partition coefficient (Wildman–Crippen LogP) is 1.89. The molecule has 0 radical (unpaired) electrons. The Morgan fingerprint density at radius 2 is 2.10 bits per heavy atom. The van der Waals surface area contributed by atoms with Crippen LogP contribution in [0.5, 0.6) is 0 Å². The van der Waals surface area contributed by atoms with Crippen LogP contribution in [0.1, 0.15) is 31.4 Å². The van der Waals surface area contributed by atoms with Crippen molar-refractivity contribution in [1.29, 1.82) is 0 Å². The van der Waals surface area contributed by atoms with Crippen molar-refractivity contribution in [2.45, 2.75) is 38.8 Å². The number of aliphatic carboxylic acids is 1. The van der Waals surface area contributed by atoms with Gasteiger partial charge in [0.05, 0.1) is 0 Å². The molecular formula is C16H24N2O2. The third-order valence-corrected chi connectivity index (χ3v) is 4.18. The molecule has 0 amide bonds. The minimum atomic E-state index is -0.828. The maximum atomic E-state index is 11.4. The van der Waals surface area contributed by atoms with Gasteiger partial charge in [-0.05, 0) is 37.4 Å². The molecule has 20 heavy (non-hydrogen) atoms. The van der Waals surface area contributed by atoms with E-state index < -0.39 is 11.5 Å². The van der Waals surface area contributed by atoms with Crippen molar-refractivity contribution in [3.63, 3.8) is 0 Å². The van der Waals surface area contributed by atoms with Crippen LogP contribution in [-0.2, 0) is 17.8 Å². The van der Waals surface area contributed by atoms with Gasteiger partial charge in [-0.2, -0.15) is 0 Å². The molecule has 2 N–H and O–H groups in total. The normalized spacial score (nSPS) is 18.3. The zero-order valence-electron chi connectivity index (χ0n) is 12.4. The summed E-state index contributed by atoms with van der Waals surface area (Å²) in [5.74, 6) is -0.767. The molecule has 1 atom stereocenters. The molecule has 1 aromatic carbocycles. The highest BCUT2D eigenvalue weighted by Crippen LogP contribution is 2.20. The fourth-order valence-corrected chi connectivity index (χ4v) is 2.79. The minimum absolute atomic E-state index is 0.623. The maximum absolute atomic E-state index is 11.4. The van der Waals surface area contributed by atoms with Gasteiger partial charge in [0.25, 0.3) is 0 Å². The summed E-state index contributed by atoms with van der Waals surface area (Å²) in [5, 5.41) is 12.5. The van der Waals surface area contributed by atoms with Gasteiger partial charge in [0.1, 0.15) is 5.54 Å². The number of nitrogens with one attached hydrogen (secondary N) is 1. The van der Waals surface area contributed by atoms with Crippen LogP contribution in [-0.4, -0.2) is 41.1 Å². The number of carboxylic acids is 1. The standard InChI is InChI=1S/C16H24N2O2/c1-3-17-16(2,15(19)20)9-11-18-10-8-13-6-4-5-7-14(13)12-18/h4-7,17H,3,8-12H2,1-2H3,(H,19,20). The van der Waals surface area contributed by atoms with Crippen LogP contribution in [0.15, 0.2) is 24.3 Å². The molecule has 4 heteroatoms. The summed E-state index contributed by atoms with van der Waals surface area (Å²) in [6.07, 6.45) is 1.68. The summed E-state index contributed by atoms with van der Waals surface area (Å²) in [6, 6.07) is 8.51. The molecule has 0 saturated carbocycles. The van der Waals surface area contributed by atoms with Crippen LogP contribution in [0.2, 0.25) is 0 Å². The van der Waals surface area contributed by atoms with Crippen molar-refractivity contribution >= 4 is 5.97 Å². The van der Waals surface area contributed by atoms with Crippen molar-refractivity contribution in [1.82, 2.24) is 10.2 Å². The molecule has 1 unspecified atom stereocenters. The van der Waals surface area contributed by atoms with E-state index in [4.69, 9.17) is 0 Å². The molecule has 0 aromatic heterocycles. The topological polar surface area (TPSA) is 52.6 Å². The van der Waals surface area contributed by atoms with Crippen molar-refractivity contribution in [2.24, 2.45) is 0 Å². The Balaban J connectivity index is 1.94. The lowest BCUT2D eigenvalue weighted by atomic mass is 9.95. The third kappa shape index (κ3) is 3.38. The van der Waals surface area contributed by atoms with Gasteiger partial charge < -0.3 is 10.4 Å². The van der Waals surface area contributed by atoms with Crippen molar-refractivity contribution in [3.8, 4) is 0 Å². The molecule has 0 fully saturated rings. The van der Waals surface area contributed by atoms with E-state index >= 15 is 0 Å². The van der Waals surface area contributed by atoms with E-state index in [0.717, 1.165) is 26.1 Å². The molecule has 4 nitrogen and oxygen atoms in total. The van der Waals surface area contributed by atoms with Crippen LogP contribution in [0, 0.1) is 0 Å². The summed E-state index contributed by atoms with van der Waals surface area (Å²) < 4.78 is 0. The first-order valence-electron chi connectivity index (χ1n) is 7.33. The molecule has 110 valence electrons. The first-order valence-corrected chi connectivity index (χ1v) is 7.33. The largest absolute Gasteiger partial charge is 0.480 e. The minimum Gasteiger partial charge on any atom is -0.480 e. The van der Waals surface area contributed by atoms with Gasteiger partial charge in [0, 0.05) is 19.6 Å². The predicted molar refractivity (Wildman–Crippen MR) is 79.8 cm³/mol. The van der Waals surface area contributed by atoms with Crippen molar-refractivity contribution < 1.29 is 9.90 Å². The lowest BCUT2D eigenvalue weighted by Crippen LogP contribution is -2.51. The first kappa shape index (κ1) is 15.0. The van der Waals surface area contributed by atoms with E-state index in [2.05, 4.69) is 34.5 Å². The highest BCUT2D eigenvalue weighted by Gasteiger charge is 2.32. The molecule has 0 spiro atoms. The molecule has 0 saturated heterocycles. The Bertz CT molecular complexity index is 475. The second-order valence-corrected chi connectivity index (χ2v) is 5.71. The summed E-state index contributed by atoms with van der Waals surface area (Å²) in [6.45, 7) is 7.14. The number of hydrogen-bond donors (Lipinski definition) is 2. The smallest absolute Gasteiger partial charge is 0.323 e. The highest BCUT2D eigenvalue weighted by atomic mass is 16.4. The lowest BCUT2D eigenvalue weighted by Gasteiger charge is -2.32. The van der Waals surface area contributed by atoms with E-state index in [1.165, 1.54) is 11.1 Å². The van der Waals surface area contributed by atoms with Crippen LogP contribution in [0.25, 0.3) is 0 Å². The SMILES string of the molecule is CCNC(C)(CCN1CCc2ccccc2C1)C(=O)O. The quantitative estimate of drug-likeness (QED) is 0.833. The number of carboxylic acid groups (broad SMARTS) is 1. The number of likely N-dealkylation sites (N-methyl/N-ethyl adjacent to an activating group) is 1. The summed E-state index contributed by atoms with van der Waals surface area (Å²) >= 11 is 0. The average molecular weight is 276 g/mol. The van der Waals surface area contributed by atoms with Crippen LogP contribution >= 0.6 is 0 Å². The second kappa shape index (κ2) is 6.37. The number of carbonyl (C=O) groups is 1. The molecular weight excluding hydrogens is 252 g/mol. The summed E-state index contributed by atoms with van der Waals surface area (Å²) in [5.41, 5.74) is 1.97. The maximum Gasteiger partial charge on any atom is 0.323 e. The van der Waals surface area contributed by atoms with E-state index in [1.54, 1.807) is 6.92 Å². The fraction of sp³-hybridized carbons (Fsp3) is 0.562. The average Bonchev–Trinajstić information content (AvgIpc) is 2.45. The Labute approximate surface area is 120 Å². The van der Waals surface area contributed by atoms with E-state index in [-0.39, 0.29) is 0 Å². The molecule has 1 aromatic rings. The Morgan fingerprint density at radius 3 is 2.75 bits per heavy atom. The number of fused-ring (bicyclic) bond motifs is 1. The molecule has 1 aliphatic heterocycles. The van der Waals surface area contributed by atoms with Crippen LogP contribution < -0.4 is 5.32 Å². The van der Waals surface area contributed by atoms with Gasteiger partial charge in [-0.1, -0.05) is 31.2 Å². The van der Waals surface area contributed by atoms with E-state index in [0.29, 0.717) is 13.0 Å². The van der Waals surface area contributed by atoms with Gasteiger partial charge in [-0.25, -0.2) is 0 Å². The molecule has 1 aliphatic rings. The number of rotatable bonds is 6. The number of benzene rings is 1. The Kier molecular flexibility index (Phi) is 4.78. The van der Waals surface area contributed by atoms with Gasteiger partial charge in [-0.15, -0.1) is 0 Å². The van der Waals surface area contributed by atoms with Gasteiger partial charge >= 0.3 is 5.97 Å². The van der Waals surface area contributed by atoms with E-state index in [9.17, 15) is 9.90 Å². The monoisotopic (exact) mass is 276 g/mol. The van der Waals surface area contributed by atoms with Gasteiger partial charge in [-0.3, -0.25) is 9.69 Å². The fourth-order valence-electron chi connectivity index (χ4n) is 2.79. The van der Waals surface area contributed by atoms with Crippen LogP contribution in [0.3, 0.4) is 0 Å². The van der Waals surface area contributed by atoms with Gasteiger partial charge in [0.2, 0.25) is 0 Å². The zero-order valence-corrected chi connectivity index (χ0v) is 12.4. The highest BCUT2D eigenvalue weighted by molar-refractivity contribution is 5.78.